The second-order valence-electron chi connectivity index (χ2n) is 5.47. The molecule has 1 aromatic heterocycles. The van der Waals surface area contributed by atoms with Crippen LogP contribution in [0.2, 0.25) is 0 Å². The lowest BCUT2D eigenvalue weighted by molar-refractivity contribution is 0.171. The number of rotatable bonds is 3. The molecule has 0 spiro atoms. The van der Waals surface area contributed by atoms with Crippen LogP contribution >= 0.6 is 0 Å². The van der Waals surface area contributed by atoms with Gasteiger partial charge in [0, 0.05) is 18.5 Å². The van der Waals surface area contributed by atoms with Crippen LogP contribution in [0.3, 0.4) is 0 Å². The molecule has 1 fully saturated rings. The normalized spacial score (nSPS) is 17.6. The van der Waals surface area contributed by atoms with Crippen molar-refractivity contribution in [2.75, 3.05) is 18.8 Å². The molecule has 1 aliphatic heterocycles. The van der Waals surface area contributed by atoms with Crippen LogP contribution in [0.4, 0.5) is 5.69 Å². The van der Waals surface area contributed by atoms with Gasteiger partial charge in [0.2, 0.25) is 0 Å². The predicted octanol–water partition coefficient (Wildman–Crippen LogP) is 2.59. The number of anilines is 1. The minimum atomic E-state index is -0.0672. The number of hydrogen-bond donors (Lipinski definition) is 1. The molecule has 1 unspecified atom stereocenters. The highest BCUT2D eigenvalue weighted by atomic mass is 16.1. The van der Waals surface area contributed by atoms with Gasteiger partial charge in [0.15, 0.2) is 0 Å². The average molecular weight is 271 g/mol. The summed E-state index contributed by atoms with van der Waals surface area (Å²) < 4.78 is 1.88. The molecule has 1 aliphatic rings. The van der Waals surface area contributed by atoms with E-state index in [4.69, 9.17) is 5.73 Å². The van der Waals surface area contributed by atoms with Crippen LogP contribution in [0.1, 0.15) is 32.4 Å². The molecule has 1 aromatic carbocycles. The van der Waals surface area contributed by atoms with E-state index in [0.29, 0.717) is 5.69 Å². The van der Waals surface area contributed by atoms with Gasteiger partial charge < -0.3 is 5.73 Å². The molecule has 2 heterocycles. The van der Waals surface area contributed by atoms with E-state index in [1.807, 2.05) is 28.8 Å². The maximum atomic E-state index is 12.6. The van der Waals surface area contributed by atoms with Crippen molar-refractivity contribution >= 4 is 16.6 Å². The Morgan fingerprint density at radius 2 is 1.95 bits per heavy atom. The fourth-order valence-electron chi connectivity index (χ4n) is 3.25. The fraction of sp³-hybridized carbons (Fsp3) is 0.438. The summed E-state index contributed by atoms with van der Waals surface area (Å²) in [6.07, 6.45) is 3.45. The monoisotopic (exact) mass is 271 g/mol. The summed E-state index contributed by atoms with van der Waals surface area (Å²) in [5.74, 6) is 0. The van der Waals surface area contributed by atoms with E-state index >= 15 is 0 Å². The number of nitrogens with two attached hydrogens (primary N) is 1. The molecule has 1 atom stereocenters. The van der Waals surface area contributed by atoms with Gasteiger partial charge >= 0.3 is 0 Å². The summed E-state index contributed by atoms with van der Waals surface area (Å²) in [6, 6.07) is 9.76. The number of fused-ring (bicyclic) bond motifs is 1. The lowest BCUT2D eigenvalue weighted by atomic mass is 10.1. The van der Waals surface area contributed by atoms with E-state index in [0.717, 1.165) is 30.4 Å². The van der Waals surface area contributed by atoms with Crippen molar-refractivity contribution in [2.24, 2.45) is 0 Å². The first kappa shape index (κ1) is 13.2. The van der Waals surface area contributed by atoms with Gasteiger partial charge in [-0.15, -0.1) is 0 Å². The molecule has 0 saturated carbocycles. The van der Waals surface area contributed by atoms with Gasteiger partial charge in [-0.25, -0.2) is 0 Å². The zero-order valence-corrected chi connectivity index (χ0v) is 11.9. The summed E-state index contributed by atoms with van der Waals surface area (Å²) in [7, 11) is 0. The predicted molar refractivity (Wildman–Crippen MR) is 82.8 cm³/mol. The van der Waals surface area contributed by atoms with Crippen molar-refractivity contribution in [2.45, 2.75) is 32.4 Å². The van der Waals surface area contributed by atoms with E-state index in [-0.39, 0.29) is 11.7 Å². The molecular weight excluding hydrogens is 250 g/mol. The topological polar surface area (TPSA) is 51.3 Å². The quantitative estimate of drug-likeness (QED) is 0.933. The highest BCUT2D eigenvalue weighted by Gasteiger charge is 2.24. The molecule has 0 bridgehead atoms. The van der Waals surface area contributed by atoms with Crippen LogP contribution in [-0.2, 0) is 0 Å². The Morgan fingerprint density at radius 1 is 1.25 bits per heavy atom. The first-order valence-electron chi connectivity index (χ1n) is 7.36. The molecule has 0 amide bonds. The van der Waals surface area contributed by atoms with Crippen LogP contribution in [0.15, 0.2) is 35.1 Å². The third kappa shape index (κ3) is 2.10. The second-order valence-corrected chi connectivity index (χ2v) is 5.47. The number of hydrogen-bond acceptors (Lipinski definition) is 3. The van der Waals surface area contributed by atoms with Crippen molar-refractivity contribution in [1.29, 1.82) is 0 Å². The van der Waals surface area contributed by atoms with Crippen molar-refractivity contribution < 1.29 is 0 Å². The number of nitrogens with zero attached hydrogens (tertiary/aromatic N) is 2. The molecule has 2 aromatic rings. The van der Waals surface area contributed by atoms with E-state index < -0.39 is 0 Å². The molecule has 3 rings (SSSR count). The first-order valence-corrected chi connectivity index (χ1v) is 7.36. The third-order valence-electron chi connectivity index (χ3n) is 4.20. The Labute approximate surface area is 118 Å². The van der Waals surface area contributed by atoms with Crippen molar-refractivity contribution in [3.8, 4) is 0 Å². The lowest BCUT2D eigenvalue weighted by Crippen LogP contribution is -2.37. The second kappa shape index (κ2) is 5.29. The van der Waals surface area contributed by atoms with E-state index in [2.05, 4.69) is 11.8 Å². The molecule has 4 nitrogen and oxygen atoms in total. The minimum Gasteiger partial charge on any atom is -0.394 e. The number of likely N-dealkylation sites (tertiary alicyclic amines) is 1. The number of pyridine rings is 1. The number of benzene rings is 1. The van der Waals surface area contributed by atoms with E-state index in [1.165, 1.54) is 12.8 Å². The number of para-hydroxylation sites is 1. The lowest BCUT2D eigenvalue weighted by Gasteiger charge is -2.29. The number of nitrogen functional groups attached to an aromatic ring is 1. The summed E-state index contributed by atoms with van der Waals surface area (Å²) in [5, 5.41) is 1.03. The molecular formula is C16H21N3O. The minimum absolute atomic E-state index is 0.0672. The maximum Gasteiger partial charge on any atom is 0.275 e. The average Bonchev–Trinajstić information content (AvgIpc) is 2.98. The Morgan fingerprint density at radius 3 is 2.65 bits per heavy atom. The van der Waals surface area contributed by atoms with Gasteiger partial charge in [-0.05, 0) is 31.4 Å². The highest BCUT2D eigenvalue weighted by molar-refractivity contribution is 5.81. The molecule has 20 heavy (non-hydrogen) atoms. The smallest absolute Gasteiger partial charge is 0.275 e. The van der Waals surface area contributed by atoms with Crippen LogP contribution < -0.4 is 11.3 Å². The van der Waals surface area contributed by atoms with E-state index in [1.54, 1.807) is 6.07 Å². The summed E-state index contributed by atoms with van der Waals surface area (Å²) in [6.45, 7) is 4.26. The molecule has 0 aliphatic carbocycles. The van der Waals surface area contributed by atoms with Gasteiger partial charge in [0.1, 0.15) is 0 Å². The van der Waals surface area contributed by atoms with Crippen LogP contribution in [0.5, 0.6) is 0 Å². The first-order chi connectivity index (χ1) is 9.72. The maximum absolute atomic E-state index is 12.6. The highest BCUT2D eigenvalue weighted by Crippen LogP contribution is 2.25. The Hall–Kier alpha value is -1.81. The van der Waals surface area contributed by atoms with Gasteiger partial charge in [-0.3, -0.25) is 14.3 Å². The zero-order chi connectivity index (χ0) is 14.1. The van der Waals surface area contributed by atoms with Crippen LogP contribution in [0, 0.1) is 0 Å². The Bertz CT molecular complexity index is 671. The van der Waals surface area contributed by atoms with Crippen LogP contribution in [-0.4, -0.2) is 22.6 Å². The van der Waals surface area contributed by atoms with Crippen molar-refractivity contribution in [3.63, 3.8) is 0 Å². The van der Waals surface area contributed by atoms with Crippen LogP contribution in [0.25, 0.3) is 10.9 Å². The molecule has 4 heteroatoms. The largest absolute Gasteiger partial charge is 0.394 e. The van der Waals surface area contributed by atoms with Crippen molar-refractivity contribution in [1.82, 2.24) is 9.47 Å². The summed E-state index contributed by atoms with van der Waals surface area (Å²) in [5.41, 5.74) is 7.17. The SMILES string of the molecule is CCC(N1CCCC1)n1c(=O)c(N)cc2ccccc21. The summed E-state index contributed by atoms with van der Waals surface area (Å²) >= 11 is 0. The number of aromatic nitrogens is 1. The molecule has 1 saturated heterocycles. The van der Waals surface area contributed by atoms with Gasteiger partial charge in [0.25, 0.3) is 5.56 Å². The molecule has 106 valence electrons. The zero-order valence-electron chi connectivity index (χ0n) is 11.9. The Balaban J connectivity index is 2.22. The van der Waals surface area contributed by atoms with Crippen molar-refractivity contribution in [3.05, 3.63) is 40.7 Å². The molecule has 2 N–H and O–H groups in total. The fourth-order valence-corrected chi connectivity index (χ4v) is 3.25. The standard InChI is InChI=1S/C16H21N3O/c1-2-15(18-9-5-6-10-18)19-14-8-4-3-7-12(14)11-13(17)16(19)20/h3-4,7-8,11,15H,2,5-6,9-10,17H2,1H3. The summed E-state index contributed by atoms with van der Waals surface area (Å²) in [4.78, 5) is 14.9. The van der Waals surface area contributed by atoms with Gasteiger partial charge in [0.05, 0.1) is 17.4 Å². The molecule has 0 radical (unpaired) electrons. The third-order valence-corrected chi connectivity index (χ3v) is 4.20. The Kier molecular flexibility index (Phi) is 3.49. The van der Waals surface area contributed by atoms with Gasteiger partial charge in [-0.1, -0.05) is 25.1 Å². The van der Waals surface area contributed by atoms with Gasteiger partial charge in [-0.2, -0.15) is 0 Å². The van der Waals surface area contributed by atoms with E-state index in [9.17, 15) is 4.79 Å².